The number of rotatable bonds is 9. The number of esters is 1. The van der Waals surface area contributed by atoms with Crippen LogP contribution in [0.15, 0.2) is 77.3 Å². The number of nitrogens with zero attached hydrogens (tertiary/aromatic N) is 3. The molecule has 9 heteroatoms. The lowest BCUT2D eigenvalue weighted by Crippen LogP contribution is -2.36. The average molecular weight is 518 g/mol. The minimum absolute atomic E-state index is 0.000967. The monoisotopic (exact) mass is 517 g/mol. The third kappa shape index (κ3) is 7.10. The van der Waals surface area contributed by atoms with Crippen molar-refractivity contribution >= 4 is 46.6 Å². The summed E-state index contributed by atoms with van der Waals surface area (Å²) >= 11 is 1.54. The first-order valence-corrected chi connectivity index (χ1v) is 13.1. The molecule has 4 rings (SSSR count). The Morgan fingerprint density at radius 3 is 2.43 bits per heavy atom. The molecule has 1 saturated heterocycles. The second kappa shape index (κ2) is 12.4. The van der Waals surface area contributed by atoms with Crippen LogP contribution in [0.1, 0.15) is 25.3 Å². The number of benzene rings is 2. The van der Waals surface area contributed by atoms with Crippen molar-refractivity contribution < 1.29 is 14.3 Å². The van der Waals surface area contributed by atoms with E-state index < -0.39 is 0 Å². The summed E-state index contributed by atoms with van der Waals surface area (Å²) in [7, 11) is 0. The van der Waals surface area contributed by atoms with E-state index >= 15 is 0 Å². The van der Waals surface area contributed by atoms with Gasteiger partial charge < -0.3 is 20.3 Å². The molecule has 0 radical (unpaired) electrons. The lowest BCUT2D eigenvalue weighted by Gasteiger charge is -2.32. The number of hydrogen-bond donors (Lipinski definition) is 2. The summed E-state index contributed by atoms with van der Waals surface area (Å²) < 4.78 is 5.17. The molecule has 37 heavy (non-hydrogen) atoms. The van der Waals surface area contributed by atoms with Crippen LogP contribution in [0.4, 0.5) is 23.0 Å². The molecule has 8 nitrogen and oxygen atoms in total. The predicted octanol–water partition coefficient (Wildman–Crippen LogP) is 5.58. The highest BCUT2D eigenvalue weighted by molar-refractivity contribution is 7.99. The van der Waals surface area contributed by atoms with Crippen molar-refractivity contribution in [2.45, 2.75) is 36.6 Å². The predicted molar refractivity (Wildman–Crippen MR) is 147 cm³/mol. The number of aromatic nitrogens is 2. The van der Waals surface area contributed by atoms with Gasteiger partial charge in [0.15, 0.2) is 0 Å². The maximum Gasteiger partial charge on any atom is 0.309 e. The molecule has 2 N–H and O–H groups in total. The van der Waals surface area contributed by atoms with E-state index in [9.17, 15) is 9.59 Å². The van der Waals surface area contributed by atoms with Gasteiger partial charge in [0, 0.05) is 46.8 Å². The molecule has 0 atom stereocenters. The van der Waals surface area contributed by atoms with Gasteiger partial charge in [0.25, 0.3) is 0 Å². The van der Waals surface area contributed by atoms with Crippen LogP contribution in [0.2, 0.25) is 0 Å². The molecule has 2 aromatic carbocycles. The first-order valence-electron chi connectivity index (χ1n) is 12.3. The average Bonchev–Trinajstić information content (AvgIpc) is 2.92. The lowest BCUT2D eigenvalue weighted by molar-refractivity contribution is -0.148. The van der Waals surface area contributed by atoms with Crippen molar-refractivity contribution in [2.75, 3.05) is 35.2 Å². The van der Waals surface area contributed by atoms with Gasteiger partial charge in [-0.25, -0.2) is 9.97 Å². The van der Waals surface area contributed by atoms with Crippen LogP contribution in [0.5, 0.6) is 0 Å². The molecule has 0 spiro atoms. The molecule has 0 aliphatic carbocycles. The normalized spacial score (nSPS) is 13.6. The summed E-state index contributed by atoms with van der Waals surface area (Å²) in [6, 6.07) is 15.7. The van der Waals surface area contributed by atoms with Gasteiger partial charge in [-0.3, -0.25) is 9.59 Å². The second-order valence-corrected chi connectivity index (χ2v) is 9.75. The maximum atomic E-state index is 12.0. The Hall–Kier alpha value is -3.85. The summed E-state index contributed by atoms with van der Waals surface area (Å²) in [6.07, 6.45) is 4.66. The van der Waals surface area contributed by atoms with Crippen LogP contribution in [-0.4, -0.2) is 41.5 Å². The number of hydrogen-bond acceptors (Lipinski definition) is 8. The van der Waals surface area contributed by atoms with Crippen LogP contribution in [0.3, 0.4) is 0 Å². The number of aryl methyl sites for hydroxylation is 1. The molecule has 1 aliphatic rings. The lowest BCUT2D eigenvalue weighted by atomic mass is 9.96. The van der Waals surface area contributed by atoms with E-state index in [0.29, 0.717) is 18.2 Å². The van der Waals surface area contributed by atoms with Crippen LogP contribution in [0, 0.1) is 12.8 Å². The van der Waals surface area contributed by atoms with Crippen LogP contribution in [-0.2, 0) is 14.3 Å². The summed E-state index contributed by atoms with van der Waals surface area (Å²) in [4.78, 5) is 35.9. The molecule has 1 aliphatic heterocycles. The molecule has 192 valence electrons. The zero-order valence-electron chi connectivity index (χ0n) is 21.1. The molecular formula is C28H31N5O3S. The van der Waals surface area contributed by atoms with Crippen molar-refractivity contribution in [3.05, 3.63) is 72.9 Å². The fourth-order valence-electron chi connectivity index (χ4n) is 4.02. The molecule has 1 fully saturated rings. The summed E-state index contributed by atoms with van der Waals surface area (Å²) in [5.41, 5.74) is 3.71. The van der Waals surface area contributed by atoms with Crippen LogP contribution < -0.4 is 15.5 Å². The molecule has 1 amide bonds. The Morgan fingerprint density at radius 2 is 1.78 bits per heavy atom. The number of piperidine rings is 1. The number of carbonyl (C=O) groups excluding carboxylic acids is 2. The third-order valence-electron chi connectivity index (χ3n) is 6.05. The van der Waals surface area contributed by atoms with Gasteiger partial charge in [0.1, 0.15) is 5.03 Å². The standard InChI is InChI=1S/C28H31N5O3S/c1-4-25(34)30-21-8-12-24(13-9-21)37-26-19(3)18-29-28(32-26)31-22-6-10-23(11-7-22)33-16-14-20(15-17-33)27(35)36-5-2/h4,6-13,18,20H,1,5,14-17H2,2-3H3,(H,30,34)(H,29,31,32). The first-order chi connectivity index (χ1) is 17.9. The van der Waals surface area contributed by atoms with E-state index in [4.69, 9.17) is 9.72 Å². The Labute approximate surface area is 221 Å². The van der Waals surface area contributed by atoms with Crippen molar-refractivity contribution in [1.82, 2.24) is 9.97 Å². The number of amides is 1. The smallest absolute Gasteiger partial charge is 0.309 e. The summed E-state index contributed by atoms with van der Waals surface area (Å²) in [5, 5.41) is 6.88. The van der Waals surface area contributed by atoms with Crippen molar-refractivity contribution in [1.29, 1.82) is 0 Å². The van der Waals surface area contributed by atoms with Gasteiger partial charge in [-0.2, -0.15) is 0 Å². The van der Waals surface area contributed by atoms with Crippen molar-refractivity contribution in [2.24, 2.45) is 5.92 Å². The van der Waals surface area contributed by atoms with Gasteiger partial charge >= 0.3 is 5.97 Å². The zero-order valence-corrected chi connectivity index (χ0v) is 21.9. The maximum absolute atomic E-state index is 12.0. The molecule has 0 saturated carbocycles. The highest BCUT2D eigenvalue weighted by Gasteiger charge is 2.26. The van der Waals surface area contributed by atoms with E-state index in [0.717, 1.165) is 52.8 Å². The van der Waals surface area contributed by atoms with Gasteiger partial charge in [0.2, 0.25) is 11.9 Å². The highest BCUT2D eigenvalue weighted by Crippen LogP contribution is 2.31. The quantitative estimate of drug-likeness (QED) is 0.216. The number of carbonyl (C=O) groups is 2. The summed E-state index contributed by atoms with van der Waals surface area (Å²) in [5.74, 6) is 0.200. The van der Waals surface area contributed by atoms with E-state index in [1.807, 2.05) is 50.2 Å². The van der Waals surface area contributed by atoms with E-state index in [1.54, 1.807) is 6.20 Å². The van der Waals surface area contributed by atoms with Gasteiger partial charge in [0.05, 0.1) is 12.5 Å². The third-order valence-corrected chi connectivity index (χ3v) is 7.17. The van der Waals surface area contributed by atoms with Crippen molar-refractivity contribution in [3.63, 3.8) is 0 Å². The topological polar surface area (TPSA) is 96.5 Å². The number of ether oxygens (including phenoxy) is 1. The molecule has 0 bridgehead atoms. The van der Waals surface area contributed by atoms with Gasteiger partial charge in [-0.05, 0) is 81.3 Å². The molecular weight excluding hydrogens is 486 g/mol. The first kappa shape index (κ1) is 26.2. The molecule has 3 aromatic rings. The highest BCUT2D eigenvalue weighted by atomic mass is 32.2. The van der Waals surface area contributed by atoms with E-state index in [1.165, 1.54) is 17.8 Å². The molecule has 1 aromatic heterocycles. The fourth-order valence-corrected chi connectivity index (χ4v) is 4.86. The Morgan fingerprint density at radius 1 is 1.11 bits per heavy atom. The Balaban J connectivity index is 1.35. The van der Waals surface area contributed by atoms with Crippen molar-refractivity contribution in [3.8, 4) is 0 Å². The number of anilines is 4. The van der Waals surface area contributed by atoms with Gasteiger partial charge in [-0.1, -0.05) is 18.3 Å². The largest absolute Gasteiger partial charge is 0.466 e. The minimum atomic E-state index is -0.241. The van der Waals surface area contributed by atoms with E-state index in [-0.39, 0.29) is 17.8 Å². The molecule has 2 heterocycles. The molecule has 0 unspecified atom stereocenters. The summed E-state index contributed by atoms with van der Waals surface area (Å²) in [6.45, 7) is 9.38. The Kier molecular flexibility index (Phi) is 8.79. The van der Waals surface area contributed by atoms with E-state index in [2.05, 4.69) is 39.2 Å². The minimum Gasteiger partial charge on any atom is -0.466 e. The van der Waals surface area contributed by atoms with Crippen LogP contribution in [0.25, 0.3) is 0 Å². The Bertz CT molecular complexity index is 1240. The SMILES string of the molecule is C=CC(=O)Nc1ccc(Sc2nc(Nc3ccc(N4CCC(C(=O)OCC)CC4)cc3)ncc2C)cc1. The number of nitrogens with one attached hydrogen (secondary N) is 2. The zero-order chi connectivity index (χ0) is 26.2. The van der Waals surface area contributed by atoms with Crippen LogP contribution >= 0.6 is 11.8 Å². The fraction of sp³-hybridized carbons (Fsp3) is 0.286. The second-order valence-electron chi connectivity index (χ2n) is 8.69. The van der Waals surface area contributed by atoms with Gasteiger partial charge in [-0.15, -0.1) is 0 Å².